The molecule has 4 saturated heterocycles. The predicted molar refractivity (Wildman–Crippen MR) is 184 cm³/mol. The van der Waals surface area contributed by atoms with Crippen LogP contribution in [0.3, 0.4) is 0 Å². The predicted octanol–water partition coefficient (Wildman–Crippen LogP) is 12.0. The first kappa shape index (κ1) is 32.5. The maximum absolute atomic E-state index is 5.67. The van der Waals surface area contributed by atoms with E-state index in [4.69, 9.17) is 19.4 Å². The SMILES string of the molecule is C1CCC([PH+]2C3CCCC2CCC3)CC1.C1CCC([PH+]2C3CCCC2CCC3)CC1.[Cl][Ru]([Cl])=[CH]c1ccccc1. The van der Waals surface area contributed by atoms with E-state index in [1.807, 2.05) is 34.9 Å². The van der Waals surface area contributed by atoms with Crippen molar-refractivity contribution in [3.63, 3.8) is 0 Å². The first-order chi connectivity index (χ1) is 19.7. The van der Waals surface area contributed by atoms with Gasteiger partial charge in [0.2, 0.25) is 0 Å². The maximum atomic E-state index is 5.67. The number of fused-ring (bicyclic) bond motifs is 4. The molecule has 0 unspecified atom stereocenters. The number of benzene rings is 1. The van der Waals surface area contributed by atoms with Crippen molar-refractivity contribution in [2.45, 2.75) is 175 Å². The summed E-state index contributed by atoms with van der Waals surface area (Å²) >= 11 is -1.61. The number of halogens is 2. The summed E-state index contributed by atoms with van der Waals surface area (Å²) in [5.41, 5.74) is 8.64. The molecule has 7 rings (SSSR count). The van der Waals surface area contributed by atoms with Gasteiger partial charge in [0.25, 0.3) is 0 Å². The van der Waals surface area contributed by atoms with Crippen molar-refractivity contribution < 1.29 is 13.5 Å². The van der Waals surface area contributed by atoms with E-state index in [9.17, 15) is 0 Å². The van der Waals surface area contributed by atoms with E-state index in [0.29, 0.717) is 0 Å². The van der Waals surface area contributed by atoms with Gasteiger partial charge in [-0.2, -0.15) is 0 Å². The summed E-state index contributed by atoms with van der Waals surface area (Å²) < 4.78 is 1.92. The Morgan fingerprint density at radius 3 is 1.05 bits per heavy atom. The molecule has 1 aromatic rings. The van der Waals surface area contributed by atoms with Gasteiger partial charge in [-0.1, -0.05) is 12.8 Å². The summed E-state index contributed by atoms with van der Waals surface area (Å²) in [5.74, 6) is 0. The summed E-state index contributed by atoms with van der Waals surface area (Å²) in [7, 11) is 11.5. The molecular weight excluding hydrogens is 654 g/mol. The molecule has 0 spiro atoms. The molecule has 5 heteroatoms. The van der Waals surface area contributed by atoms with Crippen LogP contribution in [0.15, 0.2) is 30.3 Å². The van der Waals surface area contributed by atoms with Gasteiger partial charge in [-0.05, 0) is 128 Å². The fourth-order valence-corrected chi connectivity index (χ4v) is 22.1. The molecule has 0 atom stereocenters. The van der Waals surface area contributed by atoms with Crippen LogP contribution in [0.4, 0.5) is 0 Å². The van der Waals surface area contributed by atoms with Gasteiger partial charge in [-0.15, -0.1) is 0 Å². The van der Waals surface area contributed by atoms with Crippen LogP contribution in [-0.2, 0) is 13.5 Å². The Bertz CT molecular complexity index is 789. The van der Waals surface area contributed by atoms with Gasteiger partial charge >= 0.3 is 73.4 Å². The molecule has 4 heterocycles. The zero-order valence-electron chi connectivity index (χ0n) is 25.1. The number of hydrogen-bond acceptors (Lipinski definition) is 0. The van der Waals surface area contributed by atoms with E-state index >= 15 is 0 Å². The van der Waals surface area contributed by atoms with E-state index in [-0.39, 0.29) is 15.8 Å². The molecule has 4 aliphatic heterocycles. The van der Waals surface area contributed by atoms with Crippen molar-refractivity contribution >= 4 is 39.8 Å². The summed E-state index contributed by atoms with van der Waals surface area (Å²) in [6, 6.07) is 9.89. The van der Waals surface area contributed by atoms with Crippen LogP contribution in [0.2, 0.25) is 0 Å². The molecule has 0 radical (unpaired) electrons. The molecule has 0 amide bonds. The standard InChI is InChI=1S/2C14H25P.C7H6.2ClH.Ru/c2*1-2-6-12(7-3-1)15-13-8-4-9-14(15)11-5-10-13;1-7-5-3-2-4-6-7;;;/h2*12-14H,1-11H2;1-6H;2*1H;/q;;;;;+2. The van der Waals surface area contributed by atoms with Crippen molar-refractivity contribution in [3.05, 3.63) is 35.9 Å². The third-order valence-corrected chi connectivity index (χ3v) is 22.4. The van der Waals surface area contributed by atoms with Gasteiger partial charge in [0.15, 0.2) is 0 Å². The molecule has 6 fully saturated rings. The van der Waals surface area contributed by atoms with Gasteiger partial charge in [-0.3, -0.25) is 0 Å². The van der Waals surface area contributed by atoms with Crippen LogP contribution in [0, 0.1) is 0 Å². The Labute approximate surface area is 262 Å². The molecule has 40 heavy (non-hydrogen) atoms. The Balaban J connectivity index is 0.000000124. The molecule has 0 N–H and O–H groups in total. The van der Waals surface area contributed by atoms with Gasteiger partial charge in [0.1, 0.15) is 0 Å². The van der Waals surface area contributed by atoms with E-state index in [1.54, 1.807) is 141 Å². The Kier molecular flexibility index (Phi) is 14.3. The topological polar surface area (TPSA) is 0 Å². The van der Waals surface area contributed by atoms with E-state index in [0.717, 1.165) is 5.56 Å². The monoisotopic (exact) mass is 712 g/mol. The normalized spacial score (nSPS) is 34.8. The van der Waals surface area contributed by atoms with E-state index in [2.05, 4.69) is 0 Å². The molecule has 6 aliphatic rings. The fraction of sp³-hybridized carbons (Fsp3) is 0.800. The minimum atomic E-state index is -1.61. The van der Waals surface area contributed by atoms with Crippen molar-refractivity contribution in [1.29, 1.82) is 0 Å². The van der Waals surface area contributed by atoms with Crippen molar-refractivity contribution in [2.24, 2.45) is 0 Å². The fourth-order valence-electron chi connectivity index (χ4n) is 9.84. The number of hydrogen-bond donors (Lipinski definition) is 0. The Morgan fingerprint density at radius 1 is 0.450 bits per heavy atom. The Hall–Kier alpha value is 1.15. The molecule has 228 valence electrons. The van der Waals surface area contributed by atoms with Gasteiger partial charge in [0, 0.05) is 15.8 Å². The molecule has 4 bridgehead atoms. The minimum absolute atomic E-state index is 0.0712. The molecule has 1 aromatic carbocycles. The van der Waals surface area contributed by atoms with Crippen molar-refractivity contribution in [1.82, 2.24) is 0 Å². The van der Waals surface area contributed by atoms with Crippen LogP contribution in [0.5, 0.6) is 0 Å². The van der Waals surface area contributed by atoms with Crippen molar-refractivity contribution in [2.75, 3.05) is 0 Å². The Morgan fingerprint density at radius 2 is 0.750 bits per heavy atom. The quantitative estimate of drug-likeness (QED) is 0.216. The van der Waals surface area contributed by atoms with E-state index in [1.165, 1.54) is 34.0 Å². The van der Waals surface area contributed by atoms with Crippen molar-refractivity contribution in [3.8, 4) is 0 Å². The van der Waals surface area contributed by atoms with Crippen LogP contribution in [-0.4, -0.2) is 38.6 Å². The molecule has 0 aromatic heterocycles. The molecule has 2 saturated carbocycles. The summed E-state index contributed by atoms with van der Waals surface area (Å²) in [5, 5.41) is 0. The van der Waals surface area contributed by atoms with Gasteiger partial charge < -0.3 is 0 Å². The first-order valence-corrected chi connectivity index (χ1v) is 26.2. The zero-order chi connectivity index (χ0) is 27.6. The number of rotatable bonds is 3. The second-order valence-corrected chi connectivity index (χ2v) is 26.5. The summed E-state index contributed by atoms with van der Waals surface area (Å²) in [6.07, 6.45) is 35.2. The second-order valence-electron chi connectivity index (χ2n) is 13.9. The third kappa shape index (κ3) is 9.57. The summed E-state index contributed by atoms with van der Waals surface area (Å²) in [4.78, 5) is 0. The van der Waals surface area contributed by atoms with E-state index < -0.39 is 13.5 Å². The first-order valence-electron chi connectivity index (χ1n) is 17.3. The third-order valence-electron chi connectivity index (χ3n) is 11.5. The molecular formula is C35H58Cl2P2Ru+2. The second kappa shape index (κ2) is 17.6. The van der Waals surface area contributed by atoms with Gasteiger partial charge in [0.05, 0.1) is 34.0 Å². The van der Waals surface area contributed by atoms with Gasteiger partial charge in [-0.25, -0.2) is 0 Å². The van der Waals surface area contributed by atoms with Crippen LogP contribution >= 0.6 is 35.2 Å². The molecule has 2 aliphatic carbocycles. The molecule has 0 nitrogen and oxygen atoms in total. The van der Waals surface area contributed by atoms with Crippen LogP contribution < -0.4 is 0 Å². The average Bonchev–Trinajstić information content (AvgIpc) is 2.98. The summed E-state index contributed by atoms with van der Waals surface area (Å²) in [6.45, 7) is 0. The van der Waals surface area contributed by atoms with Crippen LogP contribution in [0.1, 0.15) is 147 Å². The zero-order valence-corrected chi connectivity index (χ0v) is 30.3. The van der Waals surface area contributed by atoms with Crippen LogP contribution in [0.25, 0.3) is 0 Å². The average molecular weight is 713 g/mol.